The third-order valence-electron chi connectivity index (χ3n) is 2.76. The Kier molecular flexibility index (Phi) is 2.84. The molecule has 2 aromatic carbocycles. The summed E-state index contributed by atoms with van der Waals surface area (Å²) >= 11 is 0. The van der Waals surface area contributed by atoms with Crippen molar-refractivity contribution >= 4 is 5.69 Å². The molecule has 84 valence electrons. The van der Waals surface area contributed by atoms with E-state index in [1.54, 1.807) is 6.07 Å². The fourth-order valence-corrected chi connectivity index (χ4v) is 2.04. The van der Waals surface area contributed by atoms with Crippen molar-refractivity contribution in [3.63, 3.8) is 0 Å². The Morgan fingerprint density at radius 2 is 1.71 bits per heavy atom. The average molecular weight is 222 g/mol. The van der Waals surface area contributed by atoms with Gasteiger partial charge >= 0.3 is 0 Å². The molecule has 0 aliphatic carbocycles. The predicted molar refractivity (Wildman–Crippen MR) is 70.5 cm³/mol. The van der Waals surface area contributed by atoms with Gasteiger partial charge in [0.2, 0.25) is 0 Å². The lowest BCUT2D eigenvalue weighted by Gasteiger charge is -2.09. The number of nitriles is 1. The van der Waals surface area contributed by atoms with Crippen LogP contribution in [0.15, 0.2) is 36.4 Å². The highest BCUT2D eigenvalue weighted by Gasteiger charge is 2.07. The maximum absolute atomic E-state index is 8.97. The fraction of sp³-hybridized carbons (Fsp3) is 0.133. The molecule has 0 saturated heterocycles. The third kappa shape index (κ3) is 2.14. The number of hydrogen-bond acceptors (Lipinski definition) is 2. The van der Waals surface area contributed by atoms with Crippen LogP contribution < -0.4 is 5.73 Å². The summed E-state index contributed by atoms with van der Waals surface area (Å²) in [7, 11) is 0. The Morgan fingerprint density at radius 1 is 1.06 bits per heavy atom. The van der Waals surface area contributed by atoms with Crippen LogP contribution in [0.25, 0.3) is 11.1 Å². The Labute approximate surface area is 101 Å². The molecule has 0 bridgehead atoms. The highest BCUT2D eigenvalue weighted by atomic mass is 14.6. The van der Waals surface area contributed by atoms with E-state index in [4.69, 9.17) is 11.0 Å². The Balaban J connectivity index is 2.65. The van der Waals surface area contributed by atoms with Crippen LogP contribution in [0.4, 0.5) is 5.69 Å². The fourth-order valence-electron chi connectivity index (χ4n) is 2.04. The first kappa shape index (κ1) is 11.2. The largest absolute Gasteiger partial charge is 0.397 e. The number of benzene rings is 2. The Morgan fingerprint density at radius 3 is 2.29 bits per heavy atom. The first-order valence-corrected chi connectivity index (χ1v) is 5.49. The summed E-state index contributed by atoms with van der Waals surface area (Å²) in [5.74, 6) is 0. The van der Waals surface area contributed by atoms with Crippen molar-refractivity contribution in [3.05, 3.63) is 53.1 Å². The number of nitrogens with zero attached hydrogens (tertiary/aromatic N) is 1. The van der Waals surface area contributed by atoms with Gasteiger partial charge in [0.25, 0.3) is 0 Å². The van der Waals surface area contributed by atoms with E-state index in [1.807, 2.05) is 12.1 Å². The van der Waals surface area contributed by atoms with Gasteiger partial charge in [0, 0.05) is 5.56 Å². The second-order valence-electron chi connectivity index (χ2n) is 4.26. The molecule has 0 aliphatic heterocycles. The molecule has 0 unspecified atom stereocenters. The van der Waals surface area contributed by atoms with Crippen molar-refractivity contribution in [2.75, 3.05) is 5.73 Å². The third-order valence-corrected chi connectivity index (χ3v) is 2.76. The monoisotopic (exact) mass is 222 g/mol. The first-order valence-electron chi connectivity index (χ1n) is 5.49. The quantitative estimate of drug-likeness (QED) is 0.751. The van der Waals surface area contributed by atoms with Crippen molar-refractivity contribution in [2.45, 2.75) is 13.8 Å². The summed E-state index contributed by atoms with van der Waals surface area (Å²) < 4.78 is 0. The normalized spacial score (nSPS) is 9.94. The standard InChI is InChI=1S/C15H14N2/c1-10-6-11(2)8-13(7-10)14-5-3-4-12(9-16)15(14)17/h3-8H,17H2,1-2H3. The minimum Gasteiger partial charge on any atom is -0.397 e. The van der Waals surface area contributed by atoms with Gasteiger partial charge in [-0.3, -0.25) is 0 Å². The maximum Gasteiger partial charge on any atom is 0.101 e. The van der Waals surface area contributed by atoms with Gasteiger partial charge in [-0.25, -0.2) is 0 Å². The molecule has 2 rings (SSSR count). The van der Waals surface area contributed by atoms with Crippen molar-refractivity contribution in [2.24, 2.45) is 0 Å². The van der Waals surface area contributed by atoms with E-state index in [9.17, 15) is 0 Å². The van der Waals surface area contributed by atoms with Crippen LogP contribution >= 0.6 is 0 Å². The first-order chi connectivity index (χ1) is 8.11. The number of rotatable bonds is 1. The Bertz CT molecular complexity index is 587. The minimum absolute atomic E-state index is 0.529. The smallest absolute Gasteiger partial charge is 0.101 e. The maximum atomic E-state index is 8.97. The number of hydrogen-bond donors (Lipinski definition) is 1. The molecule has 17 heavy (non-hydrogen) atoms. The number of nitrogen functional groups attached to an aromatic ring is 1. The topological polar surface area (TPSA) is 49.8 Å². The summed E-state index contributed by atoms with van der Waals surface area (Å²) in [6, 6.07) is 13.9. The van der Waals surface area contributed by atoms with Gasteiger partial charge < -0.3 is 5.73 Å². The van der Waals surface area contributed by atoms with E-state index in [2.05, 4.69) is 38.1 Å². The van der Waals surface area contributed by atoms with E-state index in [1.165, 1.54) is 11.1 Å². The second kappa shape index (κ2) is 4.31. The van der Waals surface area contributed by atoms with Crippen molar-refractivity contribution in [3.8, 4) is 17.2 Å². The molecular weight excluding hydrogens is 208 g/mol. The predicted octanol–water partition coefficient (Wildman–Crippen LogP) is 3.42. The molecule has 0 atom stereocenters. The van der Waals surface area contributed by atoms with Crippen molar-refractivity contribution < 1.29 is 0 Å². The lowest BCUT2D eigenvalue weighted by Crippen LogP contribution is -1.94. The van der Waals surface area contributed by atoms with E-state index in [-0.39, 0.29) is 0 Å². The molecular formula is C15H14N2. The summed E-state index contributed by atoms with van der Waals surface area (Å²) in [6.45, 7) is 4.11. The zero-order valence-electron chi connectivity index (χ0n) is 9.99. The van der Waals surface area contributed by atoms with Crippen LogP contribution in [0.1, 0.15) is 16.7 Å². The molecule has 0 heterocycles. The molecule has 2 aromatic rings. The van der Waals surface area contributed by atoms with Crippen LogP contribution in [-0.4, -0.2) is 0 Å². The molecule has 2 nitrogen and oxygen atoms in total. The lowest BCUT2D eigenvalue weighted by atomic mass is 9.97. The lowest BCUT2D eigenvalue weighted by molar-refractivity contribution is 1.38. The number of anilines is 1. The average Bonchev–Trinajstić information content (AvgIpc) is 2.28. The second-order valence-corrected chi connectivity index (χ2v) is 4.26. The van der Waals surface area contributed by atoms with E-state index in [0.717, 1.165) is 11.1 Å². The molecule has 2 heteroatoms. The van der Waals surface area contributed by atoms with Gasteiger partial charge in [-0.1, -0.05) is 41.5 Å². The van der Waals surface area contributed by atoms with Gasteiger partial charge in [0.1, 0.15) is 6.07 Å². The van der Waals surface area contributed by atoms with Crippen molar-refractivity contribution in [1.82, 2.24) is 0 Å². The molecule has 0 amide bonds. The zero-order chi connectivity index (χ0) is 12.4. The molecule has 0 fully saturated rings. The Hall–Kier alpha value is -2.27. The minimum atomic E-state index is 0.529. The van der Waals surface area contributed by atoms with Crippen molar-refractivity contribution in [1.29, 1.82) is 5.26 Å². The van der Waals surface area contributed by atoms with Crippen LogP contribution in [0.3, 0.4) is 0 Å². The number of aryl methyl sites for hydroxylation is 2. The summed E-state index contributed by atoms with van der Waals surface area (Å²) in [4.78, 5) is 0. The van der Waals surface area contributed by atoms with Crippen LogP contribution in [-0.2, 0) is 0 Å². The highest BCUT2D eigenvalue weighted by molar-refractivity contribution is 5.80. The number of nitrogens with two attached hydrogens (primary N) is 1. The molecule has 0 aromatic heterocycles. The summed E-state index contributed by atoms with van der Waals surface area (Å²) in [5.41, 5.74) is 11.5. The molecule has 0 spiro atoms. The van der Waals surface area contributed by atoms with Crippen LogP contribution in [0.2, 0.25) is 0 Å². The van der Waals surface area contributed by atoms with E-state index < -0.39 is 0 Å². The summed E-state index contributed by atoms with van der Waals surface area (Å²) in [6.07, 6.45) is 0. The van der Waals surface area contributed by atoms with Gasteiger partial charge in [-0.05, 0) is 25.5 Å². The van der Waals surface area contributed by atoms with Gasteiger partial charge in [0.05, 0.1) is 11.3 Å². The molecule has 0 radical (unpaired) electrons. The van der Waals surface area contributed by atoms with Gasteiger partial charge in [-0.2, -0.15) is 5.26 Å². The number of para-hydroxylation sites is 1. The summed E-state index contributed by atoms with van der Waals surface area (Å²) in [5, 5.41) is 8.97. The SMILES string of the molecule is Cc1cc(C)cc(-c2cccc(C#N)c2N)c1. The highest BCUT2D eigenvalue weighted by Crippen LogP contribution is 2.29. The van der Waals surface area contributed by atoms with Gasteiger partial charge in [0.15, 0.2) is 0 Å². The van der Waals surface area contributed by atoms with E-state index >= 15 is 0 Å². The zero-order valence-corrected chi connectivity index (χ0v) is 9.99. The van der Waals surface area contributed by atoms with Crippen LogP contribution in [0.5, 0.6) is 0 Å². The molecule has 0 aliphatic rings. The molecule has 2 N–H and O–H groups in total. The molecule has 0 saturated carbocycles. The van der Waals surface area contributed by atoms with E-state index in [0.29, 0.717) is 11.3 Å². The van der Waals surface area contributed by atoms with Gasteiger partial charge in [-0.15, -0.1) is 0 Å². The van der Waals surface area contributed by atoms with Crippen LogP contribution in [0, 0.1) is 25.2 Å².